The average Bonchev–Trinajstić information content (AvgIpc) is 2.74. The van der Waals surface area contributed by atoms with E-state index in [9.17, 15) is 0 Å². The van der Waals surface area contributed by atoms with Gasteiger partial charge in [0.15, 0.2) is 0 Å². The second kappa shape index (κ2) is 18.2. The Morgan fingerprint density at radius 3 is 1.03 bits per heavy atom. The van der Waals surface area contributed by atoms with Crippen LogP contribution in [0.2, 0.25) is 0 Å². The molecule has 1 aromatic rings. The molecule has 4 heteroatoms. The average molecular weight is 840 g/mol. The summed E-state index contributed by atoms with van der Waals surface area (Å²) in [6.07, 6.45) is 0. The molecule has 0 atom stereocenters. The Labute approximate surface area is 261 Å². The quantitative estimate of drug-likeness (QED) is 0.180. The third-order valence-electron chi connectivity index (χ3n) is 7.50. The molecule has 2 rings (SSSR count). The molecule has 0 spiro atoms. The maximum Gasteiger partial charge on any atom is 0 e. The van der Waals surface area contributed by atoms with Gasteiger partial charge in [-0.2, -0.15) is 5.57 Å². The van der Waals surface area contributed by atoms with E-state index in [1.54, 1.807) is 0 Å². The van der Waals surface area contributed by atoms with Gasteiger partial charge < -0.3 is 0 Å². The van der Waals surface area contributed by atoms with Crippen molar-refractivity contribution in [3.8, 4) is 0 Å². The van der Waals surface area contributed by atoms with Crippen LogP contribution in [0.3, 0.4) is 0 Å². The summed E-state index contributed by atoms with van der Waals surface area (Å²) in [4.78, 5) is 0. The standard InChI is InChI=1S/C13H21.C12H18.C2H6.I2.HI.Y/c1-8-9(2)11(4)13(6,7)12(5)10(8)3;1-7-8(2)10(4)12(6)11(5)9(7)3;2*1-2;;/h1-7H3;1-6H3;1-2H3;;1H;/q-1;;;;;. The first-order valence-electron chi connectivity index (χ1n) is 10.6. The van der Waals surface area contributed by atoms with Crippen LogP contribution in [-0.4, -0.2) is 0 Å². The first-order valence-corrected chi connectivity index (χ1v) is 16.9. The van der Waals surface area contributed by atoms with Crippen LogP contribution < -0.4 is 0 Å². The largest absolute Gasteiger partial charge is 0.210 e. The Morgan fingerprint density at radius 2 is 0.806 bits per heavy atom. The van der Waals surface area contributed by atoms with Crippen molar-refractivity contribution in [2.24, 2.45) is 5.41 Å². The summed E-state index contributed by atoms with van der Waals surface area (Å²) in [5.74, 6) is 1.52. The van der Waals surface area contributed by atoms with Gasteiger partial charge in [0.1, 0.15) is 0 Å². The zero-order chi connectivity index (χ0) is 23.9. The van der Waals surface area contributed by atoms with Gasteiger partial charge in [0, 0.05) is 69.9 Å². The molecule has 0 saturated carbocycles. The molecule has 0 aromatic heterocycles. The summed E-state index contributed by atoms with van der Waals surface area (Å²) in [5.41, 5.74) is 14.9. The number of benzene rings is 1. The molecular weight excluding hydrogens is 794 g/mol. The fourth-order valence-corrected chi connectivity index (χ4v) is 3.75. The van der Waals surface area contributed by atoms with Gasteiger partial charge in [0.2, 0.25) is 0 Å². The molecule has 0 amide bonds. The van der Waals surface area contributed by atoms with Crippen LogP contribution in [0.4, 0.5) is 0 Å². The molecular formula is C27H46I3Y-. The van der Waals surface area contributed by atoms with Gasteiger partial charge in [-0.05, 0) is 81.8 Å². The molecule has 0 heterocycles. The van der Waals surface area contributed by atoms with Crippen molar-refractivity contribution in [2.45, 2.75) is 104 Å². The third-order valence-corrected chi connectivity index (χ3v) is 7.50. The predicted molar refractivity (Wildman–Crippen MR) is 169 cm³/mol. The minimum absolute atomic E-state index is 0. The van der Waals surface area contributed by atoms with E-state index in [1.165, 1.54) is 61.6 Å². The molecule has 1 radical (unpaired) electrons. The SMILES string of the molecule is CC.CC1=C(C)[C-](C)C(C)(C)C(C)=C1C.Cc1c(C)c(C)c(C)c(C)c1C.I.II.[Y]. The van der Waals surface area contributed by atoms with Crippen LogP contribution in [0.25, 0.3) is 0 Å². The summed E-state index contributed by atoms with van der Waals surface area (Å²) in [6, 6.07) is 0. The summed E-state index contributed by atoms with van der Waals surface area (Å²) in [5, 5.41) is 0. The molecule has 0 aliphatic heterocycles. The molecule has 179 valence electrons. The Balaban J connectivity index is -0.000000192. The molecule has 1 aromatic carbocycles. The van der Waals surface area contributed by atoms with E-state index in [4.69, 9.17) is 0 Å². The van der Waals surface area contributed by atoms with Gasteiger partial charge in [-0.25, -0.2) is 11.5 Å². The summed E-state index contributed by atoms with van der Waals surface area (Å²) in [6.45, 7) is 33.1. The number of hydrogen-bond acceptors (Lipinski definition) is 0. The molecule has 0 saturated heterocycles. The van der Waals surface area contributed by atoms with Gasteiger partial charge >= 0.3 is 0 Å². The van der Waals surface area contributed by atoms with E-state index in [-0.39, 0.29) is 62.1 Å². The van der Waals surface area contributed by atoms with Crippen LogP contribution in [0.15, 0.2) is 22.3 Å². The molecule has 0 unspecified atom stereocenters. The third kappa shape index (κ3) is 9.79. The van der Waals surface area contributed by atoms with E-state index in [2.05, 4.69) is 127 Å². The molecule has 31 heavy (non-hydrogen) atoms. The van der Waals surface area contributed by atoms with Crippen molar-refractivity contribution < 1.29 is 32.7 Å². The van der Waals surface area contributed by atoms with E-state index < -0.39 is 0 Å². The van der Waals surface area contributed by atoms with Crippen LogP contribution >= 0.6 is 61.2 Å². The minimum Gasteiger partial charge on any atom is -0.210 e. The Hall–Kier alpha value is 1.86. The smallest absolute Gasteiger partial charge is 0 e. The van der Waals surface area contributed by atoms with E-state index >= 15 is 0 Å². The first kappa shape index (κ1) is 40.1. The second-order valence-electron chi connectivity index (χ2n) is 8.50. The molecule has 0 nitrogen and oxygen atoms in total. The Bertz CT molecular complexity index is 651. The molecule has 1 aliphatic rings. The Morgan fingerprint density at radius 1 is 0.581 bits per heavy atom. The van der Waals surface area contributed by atoms with Crippen molar-refractivity contribution in [1.82, 2.24) is 0 Å². The molecule has 0 fully saturated rings. The summed E-state index contributed by atoms with van der Waals surface area (Å²) >= 11 is 4.24. The minimum atomic E-state index is 0. The van der Waals surface area contributed by atoms with E-state index in [1.807, 2.05) is 13.8 Å². The number of allylic oxidation sites excluding steroid dienone is 4. The zero-order valence-electron chi connectivity index (χ0n) is 22.7. The van der Waals surface area contributed by atoms with Crippen molar-refractivity contribution >= 4 is 61.2 Å². The fourth-order valence-electron chi connectivity index (χ4n) is 3.75. The number of hydrogen-bond donors (Lipinski definition) is 0. The van der Waals surface area contributed by atoms with Crippen LogP contribution in [0.1, 0.15) is 95.7 Å². The van der Waals surface area contributed by atoms with Gasteiger partial charge in [-0.1, -0.05) is 52.5 Å². The fraction of sp³-hybridized carbons (Fsp3) is 0.593. The van der Waals surface area contributed by atoms with Gasteiger partial charge in [-0.15, -0.1) is 43.4 Å². The van der Waals surface area contributed by atoms with Crippen molar-refractivity contribution in [1.29, 1.82) is 0 Å². The van der Waals surface area contributed by atoms with Crippen LogP contribution in [0, 0.1) is 52.9 Å². The topological polar surface area (TPSA) is 0 Å². The number of rotatable bonds is 0. The van der Waals surface area contributed by atoms with Gasteiger partial charge in [0.25, 0.3) is 0 Å². The second-order valence-corrected chi connectivity index (χ2v) is 8.50. The van der Waals surface area contributed by atoms with Crippen LogP contribution in [-0.2, 0) is 32.7 Å². The normalized spacial score (nSPS) is 14.0. The van der Waals surface area contributed by atoms with Crippen molar-refractivity contribution in [2.75, 3.05) is 0 Å². The summed E-state index contributed by atoms with van der Waals surface area (Å²) in [7, 11) is 0. The zero-order valence-corrected chi connectivity index (χ0v) is 32.2. The van der Waals surface area contributed by atoms with Crippen molar-refractivity contribution in [3.63, 3.8) is 0 Å². The molecule has 1 aliphatic carbocycles. The first-order chi connectivity index (χ1) is 13.3. The van der Waals surface area contributed by atoms with E-state index in [0.29, 0.717) is 0 Å². The molecule has 0 N–H and O–H groups in total. The number of halogens is 3. The van der Waals surface area contributed by atoms with Gasteiger partial charge in [-0.3, -0.25) is 0 Å². The summed E-state index contributed by atoms with van der Waals surface area (Å²) < 4.78 is 0. The van der Waals surface area contributed by atoms with Crippen molar-refractivity contribution in [3.05, 3.63) is 61.6 Å². The van der Waals surface area contributed by atoms with Gasteiger partial charge in [0.05, 0.1) is 0 Å². The van der Waals surface area contributed by atoms with Crippen LogP contribution in [0.5, 0.6) is 0 Å². The molecule has 0 bridgehead atoms. The Kier molecular flexibility index (Phi) is 23.5. The maximum absolute atomic E-state index is 2.32. The van der Waals surface area contributed by atoms with E-state index in [0.717, 1.165) is 0 Å². The monoisotopic (exact) mass is 840 g/mol. The predicted octanol–water partition coefficient (Wildman–Crippen LogP) is 11.2. The maximum atomic E-state index is 2.32.